The van der Waals surface area contributed by atoms with Gasteiger partial charge in [0.05, 0.1) is 25.3 Å². The van der Waals surface area contributed by atoms with Crippen LogP contribution in [0.25, 0.3) is 0 Å². The minimum atomic E-state index is -0.557. The summed E-state index contributed by atoms with van der Waals surface area (Å²) in [5, 5.41) is 0. The van der Waals surface area contributed by atoms with Gasteiger partial charge in [-0.1, -0.05) is 6.07 Å². The Hall–Kier alpha value is -2.60. The lowest BCUT2D eigenvalue weighted by molar-refractivity contribution is 0.0474. The van der Waals surface area contributed by atoms with Gasteiger partial charge in [0, 0.05) is 24.1 Å². The normalized spacial score (nSPS) is 11.9. The van der Waals surface area contributed by atoms with E-state index in [-0.39, 0.29) is 18.4 Å². The van der Waals surface area contributed by atoms with Crippen LogP contribution in [0.2, 0.25) is 0 Å². The van der Waals surface area contributed by atoms with Gasteiger partial charge < -0.3 is 18.8 Å². The Morgan fingerprint density at radius 1 is 1.15 bits per heavy atom. The molecule has 0 N–H and O–H groups in total. The second-order valence-corrected chi connectivity index (χ2v) is 6.19. The van der Waals surface area contributed by atoms with Crippen LogP contribution >= 0.6 is 0 Å². The van der Waals surface area contributed by atoms with Crippen LogP contribution < -0.4 is 4.74 Å². The van der Waals surface area contributed by atoms with Crippen molar-refractivity contribution in [3.63, 3.8) is 0 Å². The summed E-state index contributed by atoms with van der Waals surface area (Å²) in [6.07, 6.45) is 0. The van der Waals surface area contributed by atoms with E-state index in [4.69, 9.17) is 14.2 Å². The molecule has 0 fully saturated rings. The molecule has 6 nitrogen and oxygen atoms in total. The highest BCUT2D eigenvalue weighted by Gasteiger charge is 2.20. The maximum atomic E-state index is 12.5. The van der Waals surface area contributed by atoms with Gasteiger partial charge in [-0.05, 0) is 45.0 Å². The zero-order chi connectivity index (χ0) is 19.3. The van der Waals surface area contributed by atoms with Gasteiger partial charge in [0.15, 0.2) is 6.61 Å². The molecule has 6 heteroatoms. The van der Waals surface area contributed by atoms with E-state index in [1.165, 1.54) is 7.11 Å². The monoisotopic (exact) mass is 359 g/mol. The molecule has 26 heavy (non-hydrogen) atoms. The van der Waals surface area contributed by atoms with Gasteiger partial charge >= 0.3 is 5.97 Å². The molecule has 2 aromatic rings. The first-order chi connectivity index (χ1) is 12.4. The number of hydrogen-bond acceptors (Lipinski definition) is 5. The number of hydrogen-bond donors (Lipinski definition) is 0. The van der Waals surface area contributed by atoms with Crippen molar-refractivity contribution in [1.29, 1.82) is 0 Å². The van der Waals surface area contributed by atoms with E-state index < -0.39 is 5.97 Å². The van der Waals surface area contributed by atoms with Crippen molar-refractivity contribution in [3.05, 3.63) is 52.8 Å². The lowest BCUT2D eigenvalue weighted by atomic mass is 10.1. The second kappa shape index (κ2) is 8.67. The van der Waals surface area contributed by atoms with E-state index in [0.29, 0.717) is 23.5 Å². The van der Waals surface area contributed by atoms with Crippen LogP contribution in [-0.2, 0) is 9.47 Å². The first-order valence-electron chi connectivity index (χ1n) is 8.40. The van der Waals surface area contributed by atoms with Gasteiger partial charge in [-0.2, -0.15) is 0 Å². The van der Waals surface area contributed by atoms with Gasteiger partial charge in [-0.3, -0.25) is 4.79 Å². The number of nitrogens with zero attached hydrogens (tertiary/aromatic N) is 1. The summed E-state index contributed by atoms with van der Waals surface area (Å²) >= 11 is 0. The number of ketones is 1. The first kappa shape index (κ1) is 19.7. The van der Waals surface area contributed by atoms with Crippen LogP contribution in [0.15, 0.2) is 30.3 Å². The van der Waals surface area contributed by atoms with E-state index in [0.717, 1.165) is 11.4 Å². The average Bonchev–Trinajstić information content (AvgIpc) is 2.94. The van der Waals surface area contributed by atoms with E-state index in [1.807, 2.05) is 26.8 Å². The van der Waals surface area contributed by atoms with Crippen molar-refractivity contribution in [2.24, 2.45) is 0 Å². The Labute approximate surface area is 153 Å². The molecule has 0 spiro atoms. The molecule has 2 rings (SSSR count). The number of aromatic nitrogens is 1. The van der Waals surface area contributed by atoms with Crippen LogP contribution in [-0.4, -0.2) is 43.8 Å². The van der Waals surface area contributed by atoms with Crippen molar-refractivity contribution in [2.75, 3.05) is 27.4 Å². The summed E-state index contributed by atoms with van der Waals surface area (Å²) in [6.45, 7) is 6.10. The van der Waals surface area contributed by atoms with E-state index in [9.17, 15) is 9.59 Å². The number of rotatable bonds is 8. The summed E-state index contributed by atoms with van der Waals surface area (Å²) in [5.74, 6) is -0.231. The van der Waals surface area contributed by atoms with Crippen molar-refractivity contribution >= 4 is 11.8 Å². The summed E-state index contributed by atoms with van der Waals surface area (Å²) in [7, 11) is 3.17. The Kier molecular flexibility index (Phi) is 6.58. The highest BCUT2D eigenvalue weighted by Crippen LogP contribution is 2.21. The molecule has 1 atom stereocenters. The van der Waals surface area contributed by atoms with E-state index in [1.54, 1.807) is 31.4 Å². The molecule has 0 unspecified atom stereocenters. The molecule has 1 aromatic heterocycles. The van der Waals surface area contributed by atoms with Crippen molar-refractivity contribution in [2.45, 2.75) is 26.8 Å². The van der Waals surface area contributed by atoms with Crippen molar-refractivity contribution in [1.82, 2.24) is 4.57 Å². The largest absolute Gasteiger partial charge is 0.497 e. The third kappa shape index (κ3) is 4.32. The highest BCUT2D eigenvalue weighted by atomic mass is 16.5. The smallest absolute Gasteiger partial charge is 0.338 e. The molecular formula is C20H25NO5. The third-order valence-electron chi connectivity index (χ3n) is 4.27. The van der Waals surface area contributed by atoms with Gasteiger partial charge in [-0.25, -0.2) is 4.79 Å². The minimum Gasteiger partial charge on any atom is -0.497 e. The molecule has 0 saturated heterocycles. The maximum absolute atomic E-state index is 12.5. The first-order valence-corrected chi connectivity index (χ1v) is 8.40. The van der Waals surface area contributed by atoms with Gasteiger partial charge in [0.2, 0.25) is 5.78 Å². The summed E-state index contributed by atoms with van der Waals surface area (Å²) in [5.41, 5.74) is 2.71. The molecule has 1 heterocycles. The topological polar surface area (TPSA) is 66.8 Å². The fraction of sp³-hybridized carbons (Fsp3) is 0.400. The zero-order valence-corrected chi connectivity index (χ0v) is 15.9. The molecular weight excluding hydrogens is 334 g/mol. The Balaban J connectivity index is 2.08. The van der Waals surface area contributed by atoms with Crippen molar-refractivity contribution in [3.8, 4) is 5.75 Å². The number of methoxy groups -OCH3 is 2. The minimum absolute atomic E-state index is 0.112. The maximum Gasteiger partial charge on any atom is 0.338 e. The quantitative estimate of drug-likeness (QED) is 0.534. The molecule has 0 aliphatic carbocycles. The highest BCUT2D eigenvalue weighted by molar-refractivity contribution is 6.00. The molecule has 0 aliphatic rings. The molecule has 0 bridgehead atoms. The zero-order valence-electron chi connectivity index (χ0n) is 15.9. The number of Topliss-reactive ketones (excluding diaryl/α,β-unsaturated/α-hetero) is 1. The predicted octanol–water partition coefficient (Wildman–Crippen LogP) is 3.36. The predicted molar refractivity (Wildman–Crippen MR) is 98.1 cm³/mol. The van der Waals surface area contributed by atoms with Crippen LogP contribution in [0.4, 0.5) is 0 Å². The van der Waals surface area contributed by atoms with Crippen LogP contribution in [0.1, 0.15) is 45.1 Å². The van der Waals surface area contributed by atoms with Gasteiger partial charge in [0.1, 0.15) is 5.75 Å². The lowest BCUT2D eigenvalue weighted by Crippen LogP contribution is -2.17. The second-order valence-electron chi connectivity index (χ2n) is 6.19. The van der Waals surface area contributed by atoms with E-state index in [2.05, 4.69) is 4.57 Å². The van der Waals surface area contributed by atoms with Gasteiger partial charge in [0.25, 0.3) is 0 Å². The van der Waals surface area contributed by atoms with Gasteiger partial charge in [-0.15, -0.1) is 0 Å². The number of ether oxygens (including phenoxy) is 3. The number of esters is 1. The lowest BCUT2D eigenvalue weighted by Gasteiger charge is -2.17. The van der Waals surface area contributed by atoms with Crippen LogP contribution in [0.5, 0.6) is 5.75 Å². The number of carbonyl (C=O) groups is 2. The fourth-order valence-corrected chi connectivity index (χ4v) is 3.10. The summed E-state index contributed by atoms with van der Waals surface area (Å²) < 4.78 is 17.5. The standard InChI is InChI=1S/C20H25NO5/c1-13-9-18(15(3)21(13)14(2)11-24-4)19(22)12-26-20(23)16-7-6-8-17(10-16)25-5/h6-10,14H,11-12H2,1-5H3/t14-/m1/s1. The fourth-order valence-electron chi connectivity index (χ4n) is 3.10. The molecule has 0 saturated carbocycles. The third-order valence-corrected chi connectivity index (χ3v) is 4.27. The molecule has 0 aliphatic heterocycles. The van der Waals surface area contributed by atoms with Crippen molar-refractivity contribution < 1.29 is 23.8 Å². The van der Waals surface area contributed by atoms with E-state index >= 15 is 0 Å². The summed E-state index contributed by atoms with van der Waals surface area (Å²) in [4.78, 5) is 24.7. The Morgan fingerprint density at radius 3 is 2.54 bits per heavy atom. The summed E-state index contributed by atoms with van der Waals surface area (Å²) in [6, 6.07) is 8.56. The molecule has 1 aromatic carbocycles. The molecule has 0 radical (unpaired) electrons. The number of aryl methyl sites for hydroxylation is 1. The molecule has 0 amide bonds. The Bertz CT molecular complexity index is 793. The number of carbonyl (C=O) groups excluding carboxylic acids is 2. The average molecular weight is 359 g/mol. The van der Waals surface area contributed by atoms with Crippen LogP contribution in [0, 0.1) is 13.8 Å². The van der Waals surface area contributed by atoms with Crippen LogP contribution in [0.3, 0.4) is 0 Å². The molecule has 140 valence electrons. The Morgan fingerprint density at radius 2 is 1.88 bits per heavy atom. The number of benzene rings is 1. The SMILES string of the molecule is COC[C@@H](C)n1c(C)cc(C(=O)COC(=O)c2cccc(OC)c2)c1C.